The monoisotopic (exact) mass is 212 g/mol. The van der Waals surface area contributed by atoms with Crippen molar-refractivity contribution in [1.82, 2.24) is 5.06 Å². The largest absolute Gasteiger partial charge is 0.345 e. The number of rotatable bonds is 2. The van der Waals surface area contributed by atoms with Gasteiger partial charge in [-0.05, 0) is 24.5 Å². The summed E-state index contributed by atoms with van der Waals surface area (Å²) in [6.07, 6.45) is 1.96. The van der Waals surface area contributed by atoms with Crippen LogP contribution < -0.4 is 5.32 Å². The highest BCUT2D eigenvalue weighted by molar-refractivity contribution is 7.98. The highest BCUT2D eigenvalue weighted by Gasteiger charge is 2.04. The van der Waals surface area contributed by atoms with E-state index < -0.39 is 6.03 Å². The third-order valence-electron chi connectivity index (χ3n) is 1.61. The lowest BCUT2D eigenvalue weighted by Gasteiger charge is -2.10. The van der Waals surface area contributed by atoms with E-state index in [1.54, 1.807) is 17.8 Å². The maximum atomic E-state index is 11.1. The fourth-order valence-electron chi connectivity index (χ4n) is 0.905. The second-order valence-electron chi connectivity index (χ2n) is 2.69. The summed E-state index contributed by atoms with van der Waals surface area (Å²) in [4.78, 5) is 12.1. The number of hydrogen-bond acceptors (Lipinski definition) is 3. The molecule has 5 heteroatoms. The van der Waals surface area contributed by atoms with Crippen LogP contribution in [0.1, 0.15) is 0 Å². The first-order chi connectivity index (χ1) is 6.63. The van der Waals surface area contributed by atoms with Gasteiger partial charge in [0.2, 0.25) is 0 Å². The van der Waals surface area contributed by atoms with E-state index in [4.69, 9.17) is 5.21 Å². The quantitative estimate of drug-likeness (QED) is 0.449. The number of nitrogens with zero attached hydrogens (tertiary/aromatic N) is 1. The Balaban J connectivity index is 2.72. The van der Waals surface area contributed by atoms with Crippen LogP contribution in [0.25, 0.3) is 0 Å². The third kappa shape index (κ3) is 2.93. The molecule has 0 aromatic heterocycles. The number of hydroxylamine groups is 2. The van der Waals surface area contributed by atoms with Crippen LogP contribution in [0.15, 0.2) is 29.2 Å². The van der Waals surface area contributed by atoms with Gasteiger partial charge >= 0.3 is 6.03 Å². The summed E-state index contributed by atoms with van der Waals surface area (Å²) in [6.45, 7) is 0. The molecular weight excluding hydrogens is 200 g/mol. The standard InChI is InChI=1S/C9H12N2O2S/c1-11(13)9(12)10-7-4-3-5-8(6-7)14-2/h3-6,13H,1-2H3,(H,10,12). The fourth-order valence-corrected chi connectivity index (χ4v) is 1.36. The van der Waals surface area contributed by atoms with E-state index in [1.165, 1.54) is 7.05 Å². The van der Waals surface area contributed by atoms with Crippen LogP contribution in [0.5, 0.6) is 0 Å². The minimum absolute atomic E-state index is 0.506. The summed E-state index contributed by atoms with van der Waals surface area (Å²) >= 11 is 1.59. The molecule has 0 unspecified atom stereocenters. The molecule has 2 amide bonds. The minimum Gasteiger partial charge on any atom is -0.306 e. The first-order valence-corrected chi connectivity index (χ1v) is 5.23. The molecule has 0 aliphatic carbocycles. The Bertz CT molecular complexity index is 328. The van der Waals surface area contributed by atoms with Crippen molar-refractivity contribution in [2.45, 2.75) is 4.90 Å². The SMILES string of the molecule is CSc1cccc(NC(=O)N(C)O)c1. The highest BCUT2D eigenvalue weighted by atomic mass is 32.2. The molecule has 76 valence electrons. The summed E-state index contributed by atoms with van der Waals surface area (Å²) in [5.74, 6) is 0. The topological polar surface area (TPSA) is 52.6 Å². The van der Waals surface area contributed by atoms with E-state index in [1.807, 2.05) is 24.5 Å². The Kier molecular flexibility index (Phi) is 3.79. The molecule has 0 fully saturated rings. The molecule has 0 aliphatic rings. The number of anilines is 1. The average Bonchev–Trinajstić information content (AvgIpc) is 2.18. The molecule has 0 radical (unpaired) electrons. The average molecular weight is 212 g/mol. The zero-order valence-electron chi connectivity index (χ0n) is 8.02. The maximum Gasteiger partial charge on any atom is 0.345 e. The number of thioether (sulfide) groups is 1. The Morgan fingerprint density at radius 2 is 2.29 bits per heavy atom. The summed E-state index contributed by atoms with van der Waals surface area (Å²) in [7, 11) is 1.27. The van der Waals surface area contributed by atoms with Crippen LogP contribution >= 0.6 is 11.8 Å². The van der Waals surface area contributed by atoms with Gasteiger partial charge < -0.3 is 5.32 Å². The van der Waals surface area contributed by atoms with Crippen molar-refractivity contribution in [1.29, 1.82) is 0 Å². The van der Waals surface area contributed by atoms with Gasteiger partial charge in [-0.1, -0.05) is 6.07 Å². The smallest absolute Gasteiger partial charge is 0.306 e. The first kappa shape index (κ1) is 10.9. The van der Waals surface area contributed by atoms with Crippen molar-refractivity contribution in [3.8, 4) is 0 Å². The molecule has 1 aromatic carbocycles. The van der Waals surface area contributed by atoms with Gasteiger partial charge in [-0.3, -0.25) is 5.21 Å². The summed E-state index contributed by atoms with van der Waals surface area (Å²) in [6, 6.07) is 6.85. The number of hydrogen-bond donors (Lipinski definition) is 2. The molecular formula is C9H12N2O2S. The van der Waals surface area contributed by atoms with Gasteiger partial charge in [-0.25, -0.2) is 9.86 Å². The Labute approximate surface area is 86.9 Å². The van der Waals surface area contributed by atoms with Crippen LogP contribution in [0.2, 0.25) is 0 Å². The predicted octanol–water partition coefficient (Wildman–Crippen LogP) is 2.26. The lowest BCUT2D eigenvalue weighted by atomic mass is 10.3. The molecule has 2 N–H and O–H groups in total. The second-order valence-corrected chi connectivity index (χ2v) is 3.57. The normalized spacial score (nSPS) is 9.64. The molecule has 1 aromatic rings. The number of amides is 2. The molecule has 4 nitrogen and oxygen atoms in total. The fraction of sp³-hybridized carbons (Fsp3) is 0.222. The van der Waals surface area contributed by atoms with Crippen molar-refractivity contribution in [2.75, 3.05) is 18.6 Å². The van der Waals surface area contributed by atoms with Gasteiger partial charge in [-0.15, -0.1) is 11.8 Å². The zero-order chi connectivity index (χ0) is 10.6. The summed E-state index contributed by atoms with van der Waals surface area (Å²) in [5, 5.41) is 11.9. The van der Waals surface area contributed by atoms with E-state index in [9.17, 15) is 4.79 Å². The van der Waals surface area contributed by atoms with Crippen molar-refractivity contribution >= 4 is 23.5 Å². The van der Waals surface area contributed by atoms with Crippen LogP contribution in [0.3, 0.4) is 0 Å². The Morgan fingerprint density at radius 3 is 2.86 bits per heavy atom. The van der Waals surface area contributed by atoms with Gasteiger partial charge in [-0.2, -0.15) is 0 Å². The molecule has 0 aliphatic heterocycles. The Hall–Kier alpha value is -1.20. The maximum absolute atomic E-state index is 11.1. The van der Waals surface area contributed by atoms with Crippen LogP contribution in [-0.4, -0.2) is 29.6 Å². The number of urea groups is 1. The van der Waals surface area contributed by atoms with Crippen molar-refractivity contribution in [3.63, 3.8) is 0 Å². The summed E-state index contributed by atoms with van der Waals surface area (Å²) in [5.41, 5.74) is 0.669. The Morgan fingerprint density at radius 1 is 1.57 bits per heavy atom. The molecule has 0 bridgehead atoms. The minimum atomic E-state index is -0.553. The van der Waals surface area contributed by atoms with Crippen LogP contribution in [-0.2, 0) is 0 Å². The first-order valence-electron chi connectivity index (χ1n) is 4.01. The van der Waals surface area contributed by atoms with Gasteiger partial charge in [0.15, 0.2) is 0 Å². The molecule has 0 spiro atoms. The predicted molar refractivity (Wildman–Crippen MR) is 56.8 cm³/mol. The molecule has 0 saturated carbocycles. The highest BCUT2D eigenvalue weighted by Crippen LogP contribution is 2.18. The van der Waals surface area contributed by atoms with Crippen LogP contribution in [0.4, 0.5) is 10.5 Å². The number of nitrogens with one attached hydrogen (secondary N) is 1. The van der Waals surface area contributed by atoms with E-state index in [0.717, 1.165) is 4.90 Å². The molecule has 0 saturated heterocycles. The molecule has 0 heterocycles. The van der Waals surface area contributed by atoms with Gasteiger partial charge in [0.25, 0.3) is 0 Å². The number of carbonyl (C=O) groups excluding carboxylic acids is 1. The van der Waals surface area contributed by atoms with E-state index in [2.05, 4.69) is 5.32 Å². The number of benzene rings is 1. The van der Waals surface area contributed by atoms with Gasteiger partial charge in [0.05, 0.1) is 0 Å². The zero-order valence-corrected chi connectivity index (χ0v) is 8.84. The third-order valence-corrected chi connectivity index (χ3v) is 2.34. The van der Waals surface area contributed by atoms with Gasteiger partial charge in [0.1, 0.15) is 0 Å². The lowest BCUT2D eigenvalue weighted by molar-refractivity contribution is -0.0118. The molecule has 0 atom stereocenters. The van der Waals surface area contributed by atoms with E-state index in [-0.39, 0.29) is 0 Å². The lowest BCUT2D eigenvalue weighted by Crippen LogP contribution is -2.27. The van der Waals surface area contributed by atoms with Gasteiger partial charge in [0, 0.05) is 17.6 Å². The second kappa shape index (κ2) is 4.88. The summed E-state index contributed by atoms with van der Waals surface area (Å²) < 4.78 is 0. The molecule has 14 heavy (non-hydrogen) atoms. The number of carbonyl (C=O) groups is 1. The van der Waals surface area contributed by atoms with Crippen molar-refractivity contribution in [3.05, 3.63) is 24.3 Å². The van der Waals surface area contributed by atoms with E-state index >= 15 is 0 Å². The van der Waals surface area contributed by atoms with Crippen LogP contribution in [0, 0.1) is 0 Å². The van der Waals surface area contributed by atoms with Crippen molar-refractivity contribution < 1.29 is 10.0 Å². The molecule has 1 rings (SSSR count). The van der Waals surface area contributed by atoms with Crippen molar-refractivity contribution in [2.24, 2.45) is 0 Å². The van der Waals surface area contributed by atoms with E-state index in [0.29, 0.717) is 10.8 Å².